The van der Waals surface area contributed by atoms with Gasteiger partial charge in [-0.15, -0.1) is 0 Å². The Morgan fingerprint density at radius 3 is 2.70 bits per heavy atom. The fraction of sp³-hybridized carbons (Fsp3) is 0.552. The van der Waals surface area contributed by atoms with E-state index in [1.807, 2.05) is 0 Å². The molecule has 0 radical (unpaired) electrons. The topological polar surface area (TPSA) is 158 Å². The summed E-state index contributed by atoms with van der Waals surface area (Å²) in [7, 11) is 0. The molecule has 3 fully saturated rings. The van der Waals surface area contributed by atoms with Crippen molar-refractivity contribution < 1.29 is 33.0 Å². The second-order valence-corrected chi connectivity index (χ2v) is 12.5. The van der Waals surface area contributed by atoms with E-state index in [2.05, 4.69) is 35.5 Å². The number of H-pyrrole nitrogens is 1. The van der Waals surface area contributed by atoms with E-state index in [9.17, 15) is 14.7 Å². The van der Waals surface area contributed by atoms with Gasteiger partial charge in [0.1, 0.15) is 22.5 Å². The molecule has 0 saturated carbocycles. The van der Waals surface area contributed by atoms with Gasteiger partial charge in [-0.25, -0.2) is 28.5 Å². The zero-order valence-corrected chi connectivity index (χ0v) is 23.9. The molecule has 1 aliphatic carbocycles. The molecule has 4 N–H and O–H groups in total. The summed E-state index contributed by atoms with van der Waals surface area (Å²) in [5, 5.41) is 15.9. The van der Waals surface area contributed by atoms with Crippen LogP contribution in [0.25, 0.3) is 11.0 Å². The number of halogens is 2. The van der Waals surface area contributed by atoms with Gasteiger partial charge in [-0.2, -0.15) is 0 Å². The number of aromatic amines is 1. The van der Waals surface area contributed by atoms with Gasteiger partial charge in [0.2, 0.25) is 0 Å². The Kier molecular flexibility index (Phi) is 6.46. The summed E-state index contributed by atoms with van der Waals surface area (Å²) in [5.41, 5.74) is 0.243. The van der Waals surface area contributed by atoms with Crippen molar-refractivity contribution in [1.82, 2.24) is 30.2 Å². The van der Waals surface area contributed by atoms with Crippen LogP contribution >= 0.6 is 0 Å². The van der Waals surface area contributed by atoms with Gasteiger partial charge >= 0.3 is 6.09 Å². The van der Waals surface area contributed by atoms with Crippen LogP contribution in [0.5, 0.6) is 5.88 Å². The summed E-state index contributed by atoms with van der Waals surface area (Å²) >= 11 is 0. The molecular weight excluding hydrogens is 578 g/mol. The van der Waals surface area contributed by atoms with Crippen molar-refractivity contribution in [3.63, 3.8) is 0 Å². The summed E-state index contributed by atoms with van der Waals surface area (Å²) in [6.07, 6.45) is 3.60. The average Bonchev–Trinajstić information content (AvgIpc) is 3.73. The van der Waals surface area contributed by atoms with Crippen LogP contribution in [0.1, 0.15) is 48.7 Å². The molecule has 8 rings (SSSR count). The lowest BCUT2D eigenvalue weighted by Crippen LogP contribution is -2.48. The maximum atomic E-state index is 15.7. The highest BCUT2D eigenvalue weighted by atomic mass is 19.1. The van der Waals surface area contributed by atoms with Crippen molar-refractivity contribution in [2.45, 2.75) is 56.3 Å². The third-order valence-corrected chi connectivity index (χ3v) is 9.59. The number of imidazole rings is 1. The molecule has 3 atom stereocenters. The Hall–Kier alpha value is -3.95. The minimum Gasteiger partial charge on any atom is -0.465 e. The van der Waals surface area contributed by atoms with E-state index in [0.29, 0.717) is 88.2 Å². The van der Waals surface area contributed by atoms with Crippen molar-refractivity contribution in [3.05, 3.63) is 34.8 Å². The molecule has 232 valence electrons. The van der Waals surface area contributed by atoms with Gasteiger partial charge in [0.05, 0.1) is 24.9 Å². The maximum absolute atomic E-state index is 15.7. The number of carbonyl (C=O) groups is 2. The first-order valence-corrected chi connectivity index (χ1v) is 15.1. The monoisotopic (exact) mass is 610 g/mol. The third kappa shape index (κ3) is 4.64. The van der Waals surface area contributed by atoms with Crippen LogP contribution in [0, 0.1) is 17.6 Å². The molecule has 2 unspecified atom stereocenters. The molecule has 44 heavy (non-hydrogen) atoms. The standard InChI is InChI=1S/C29H32F2N8O5/c30-21-16-7-14(8-17(16)22(31)24-23(21)36-25(37-24)18-9-15(40)1-4-32-18)11-38-5-2-29(3-6-38)13-39(28(42)44-29)19-10-33-27-26(34-19)35-20(41)12-43-27/h10,14-15,18,32,40H,1-9,11-13H2,(H,36,37)(H,34,35,41)/t15?,18-/m0/s1. The molecule has 6 heterocycles. The van der Waals surface area contributed by atoms with Gasteiger partial charge in [-0.3, -0.25) is 9.69 Å². The number of aliphatic hydroxyl groups is 1. The number of aromatic nitrogens is 4. The second-order valence-electron chi connectivity index (χ2n) is 12.5. The first-order chi connectivity index (χ1) is 21.2. The Balaban J connectivity index is 0.914. The number of rotatable bonds is 4. The number of benzene rings is 1. The van der Waals surface area contributed by atoms with Gasteiger partial charge in [-0.1, -0.05) is 0 Å². The minimum atomic E-state index is -0.673. The highest BCUT2D eigenvalue weighted by Crippen LogP contribution is 2.39. The summed E-state index contributed by atoms with van der Waals surface area (Å²) in [6, 6.07) is -0.274. The van der Waals surface area contributed by atoms with Crippen LogP contribution in [-0.2, 0) is 22.4 Å². The number of ether oxygens (including phenoxy) is 2. The SMILES string of the molecule is O=C1COc2ncc(N3CC4(CCN(CC5Cc6c(c(F)c7[nH]c([C@@H]8CC(O)CCN8)nc7c6F)C5)CC4)OC3=O)nc2N1. The summed E-state index contributed by atoms with van der Waals surface area (Å²) in [5.74, 6) is -0.108. The van der Waals surface area contributed by atoms with Crippen LogP contribution in [0.2, 0.25) is 0 Å². The number of aliphatic hydroxyl groups excluding tert-OH is 1. The Labute approximate surface area is 250 Å². The number of carbonyl (C=O) groups excluding carboxylic acids is 2. The van der Waals surface area contributed by atoms with Gasteiger partial charge < -0.3 is 35.1 Å². The van der Waals surface area contributed by atoms with Crippen LogP contribution in [0.4, 0.5) is 25.2 Å². The largest absolute Gasteiger partial charge is 0.465 e. The van der Waals surface area contributed by atoms with Crippen LogP contribution in [0.15, 0.2) is 6.20 Å². The number of hydrogen-bond acceptors (Lipinski definition) is 10. The molecular formula is C29H32F2N8O5. The predicted molar refractivity (Wildman–Crippen MR) is 151 cm³/mol. The minimum absolute atomic E-state index is 0.0183. The lowest BCUT2D eigenvalue weighted by Gasteiger charge is -2.38. The average molecular weight is 611 g/mol. The van der Waals surface area contributed by atoms with Crippen LogP contribution in [0.3, 0.4) is 0 Å². The van der Waals surface area contributed by atoms with E-state index in [1.54, 1.807) is 0 Å². The third-order valence-electron chi connectivity index (χ3n) is 9.59. The summed E-state index contributed by atoms with van der Waals surface area (Å²) in [6.45, 7) is 2.81. The second kappa shape index (κ2) is 10.3. The summed E-state index contributed by atoms with van der Waals surface area (Å²) in [4.78, 5) is 44.2. The van der Waals surface area contributed by atoms with Gasteiger partial charge in [0, 0.05) is 32.5 Å². The molecule has 2 amide bonds. The molecule has 3 aromatic rings. The van der Waals surface area contributed by atoms with Crippen molar-refractivity contribution >= 4 is 34.7 Å². The summed E-state index contributed by atoms with van der Waals surface area (Å²) < 4.78 is 42.5. The molecule has 3 saturated heterocycles. The van der Waals surface area contributed by atoms with Gasteiger partial charge in [0.25, 0.3) is 11.8 Å². The zero-order chi connectivity index (χ0) is 30.2. The first kappa shape index (κ1) is 27.6. The molecule has 2 aromatic heterocycles. The molecule has 1 aromatic carbocycles. The molecule has 5 aliphatic rings. The molecule has 0 bridgehead atoms. The fourth-order valence-electron chi connectivity index (χ4n) is 7.30. The Morgan fingerprint density at radius 2 is 1.91 bits per heavy atom. The van der Waals surface area contributed by atoms with E-state index in [0.717, 1.165) is 0 Å². The van der Waals surface area contributed by atoms with Crippen molar-refractivity contribution in [2.24, 2.45) is 5.92 Å². The van der Waals surface area contributed by atoms with E-state index < -0.39 is 29.4 Å². The number of piperidine rings is 2. The molecule has 4 aliphatic heterocycles. The highest BCUT2D eigenvalue weighted by molar-refractivity contribution is 5.95. The number of likely N-dealkylation sites (tertiary alicyclic amines) is 1. The molecule has 13 nitrogen and oxygen atoms in total. The Bertz CT molecular complexity index is 1630. The van der Waals surface area contributed by atoms with Crippen molar-refractivity contribution in [1.29, 1.82) is 0 Å². The normalized spacial score (nSPS) is 25.2. The van der Waals surface area contributed by atoms with E-state index in [1.165, 1.54) is 11.1 Å². The first-order valence-electron chi connectivity index (χ1n) is 15.1. The molecule has 1 spiro atoms. The number of fused-ring (bicyclic) bond motifs is 3. The van der Waals surface area contributed by atoms with Crippen LogP contribution < -0.4 is 20.3 Å². The number of amides is 2. The van der Waals surface area contributed by atoms with Crippen LogP contribution in [-0.4, -0.2) is 93.0 Å². The number of nitrogens with zero attached hydrogens (tertiary/aromatic N) is 5. The fourth-order valence-corrected chi connectivity index (χ4v) is 7.30. The number of anilines is 2. The quantitative estimate of drug-likeness (QED) is 0.344. The van der Waals surface area contributed by atoms with Gasteiger partial charge in [-0.05, 0) is 49.3 Å². The van der Waals surface area contributed by atoms with E-state index >= 15 is 8.78 Å². The maximum Gasteiger partial charge on any atom is 0.416 e. The Morgan fingerprint density at radius 1 is 1.11 bits per heavy atom. The van der Waals surface area contributed by atoms with E-state index in [4.69, 9.17) is 9.47 Å². The predicted octanol–water partition coefficient (Wildman–Crippen LogP) is 1.95. The van der Waals surface area contributed by atoms with Crippen molar-refractivity contribution in [2.75, 3.05) is 49.5 Å². The smallest absolute Gasteiger partial charge is 0.416 e. The lowest BCUT2D eigenvalue weighted by atomic mass is 9.90. The van der Waals surface area contributed by atoms with E-state index in [-0.39, 0.29) is 53.0 Å². The van der Waals surface area contributed by atoms with Crippen molar-refractivity contribution in [3.8, 4) is 5.88 Å². The number of hydrogen-bond donors (Lipinski definition) is 4. The number of nitrogens with one attached hydrogen (secondary N) is 3. The highest BCUT2D eigenvalue weighted by Gasteiger charge is 2.48. The lowest BCUT2D eigenvalue weighted by molar-refractivity contribution is -0.118. The molecule has 15 heteroatoms. The van der Waals surface area contributed by atoms with Gasteiger partial charge in [0.15, 0.2) is 29.9 Å². The zero-order valence-electron chi connectivity index (χ0n) is 23.9.